The Kier molecular flexibility index (Phi) is 4.01. The third kappa shape index (κ3) is 2.65. The Bertz CT molecular complexity index is 686. The van der Waals surface area contributed by atoms with Crippen molar-refractivity contribution in [2.45, 2.75) is 52.1 Å². The van der Waals surface area contributed by atoms with Crippen molar-refractivity contribution in [3.8, 4) is 0 Å². The third-order valence-corrected chi connectivity index (χ3v) is 4.69. The zero-order valence-electron chi connectivity index (χ0n) is 13.4. The number of ether oxygens (including phenoxy) is 1. The van der Waals surface area contributed by atoms with Crippen molar-refractivity contribution in [2.24, 2.45) is 0 Å². The van der Waals surface area contributed by atoms with Gasteiger partial charge in [-0.15, -0.1) is 0 Å². The Hall–Kier alpha value is -2.10. The highest BCUT2D eigenvalue weighted by molar-refractivity contribution is 5.71. The summed E-state index contributed by atoms with van der Waals surface area (Å²) in [6.07, 6.45) is 6.22. The Labute approximate surface area is 131 Å². The number of rotatable bonds is 3. The quantitative estimate of drug-likeness (QED) is 0.853. The number of aryl methyl sites for hydroxylation is 1. The average molecular weight is 298 g/mol. The molecule has 116 valence electrons. The van der Waals surface area contributed by atoms with Gasteiger partial charge in [0, 0.05) is 18.3 Å². The highest BCUT2D eigenvalue weighted by Gasteiger charge is 2.25. The van der Waals surface area contributed by atoms with Gasteiger partial charge in [0.25, 0.3) is 0 Å². The van der Waals surface area contributed by atoms with Gasteiger partial charge in [-0.3, -0.25) is 0 Å². The molecule has 22 heavy (non-hydrogen) atoms. The molecule has 3 rings (SSSR count). The van der Waals surface area contributed by atoms with Crippen LogP contribution in [0.3, 0.4) is 0 Å². The molecule has 0 amide bonds. The second kappa shape index (κ2) is 5.95. The minimum absolute atomic E-state index is 0.0452. The second-order valence-corrected chi connectivity index (χ2v) is 6.10. The van der Waals surface area contributed by atoms with Gasteiger partial charge in [0.2, 0.25) is 0 Å². The Morgan fingerprint density at radius 3 is 2.82 bits per heavy atom. The van der Waals surface area contributed by atoms with E-state index in [9.17, 15) is 4.79 Å². The number of carbonyl (C=O) groups excluding carboxylic acids is 1. The van der Waals surface area contributed by atoms with E-state index in [0.29, 0.717) is 0 Å². The van der Waals surface area contributed by atoms with Gasteiger partial charge < -0.3 is 4.74 Å². The molecule has 1 saturated carbocycles. The zero-order valence-corrected chi connectivity index (χ0v) is 13.4. The van der Waals surface area contributed by atoms with Crippen molar-refractivity contribution >= 4 is 6.09 Å². The van der Waals surface area contributed by atoms with E-state index >= 15 is 0 Å². The maximum Gasteiger partial charge on any atom is 0.419 e. The number of imidazole rings is 1. The van der Waals surface area contributed by atoms with E-state index in [1.807, 2.05) is 6.07 Å². The van der Waals surface area contributed by atoms with E-state index in [-0.39, 0.29) is 18.1 Å². The molecule has 0 radical (unpaired) electrons. The van der Waals surface area contributed by atoms with Gasteiger partial charge in [-0.2, -0.15) is 0 Å². The van der Waals surface area contributed by atoms with Crippen LogP contribution in [0.4, 0.5) is 4.79 Å². The lowest BCUT2D eigenvalue weighted by atomic mass is 9.93. The SMILES string of the molecule is Cc1cccc([C@H](C)c2nccn2C(=O)OC2CCC2)c1C. The maximum atomic E-state index is 12.3. The number of hydrogen-bond donors (Lipinski definition) is 0. The van der Waals surface area contributed by atoms with Crippen LogP contribution < -0.4 is 0 Å². The van der Waals surface area contributed by atoms with Gasteiger partial charge in [0.05, 0.1) is 0 Å². The van der Waals surface area contributed by atoms with Gasteiger partial charge in [0.1, 0.15) is 11.9 Å². The van der Waals surface area contributed by atoms with Crippen molar-refractivity contribution in [1.29, 1.82) is 0 Å². The monoisotopic (exact) mass is 298 g/mol. The molecule has 2 aromatic rings. The summed E-state index contributed by atoms with van der Waals surface area (Å²) >= 11 is 0. The number of aromatic nitrogens is 2. The summed E-state index contributed by atoms with van der Waals surface area (Å²) < 4.78 is 7.04. The molecule has 0 bridgehead atoms. The Balaban J connectivity index is 1.87. The molecule has 1 aromatic carbocycles. The van der Waals surface area contributed by atoms with Crippen LogP contribution in [0, 0.1) is 13.8 Å². The summed E-state index contributed by atoms with van der Waals surface area (Å²) in [5.74, 6) is 0.780. The first kappa shape index (κ1) is 14.8. The maximum absolute atomic E-state index is 12.3. The summed E-state index contributed by atoms with van der Waals surface area (Å²) in [6.45, 7) is 6.29. The zero-order chi connectivity index (χ0) is 15.7. The van der Waals surface area contributed by atoms with Gasteiger partial charge in [-0.25, -0.2) is 14.3 Å². The van der Waals surface area contributed by atoms with E-state index in [0.717, 1.165) is 25.1 Å². The lowest BCUT2D eigenvalue weighted by molar-refractivity contribution is 0.0529. The number of nitrogens with zero attached hydrogens (tertiary/aromatic N) is 2. The molecule has 0 N–H and O–H groups in total. The number of carbonyl (C=O) groups is 1. The van der Waals surface area contributed by atoms with E-state index in [4.69, 9.17) is 4.74 Å². The first-order chi connectivity index (χ1) is 10.6. The molecule has 1 fully saturated rings. The second-order valence-electron chi connectivity index (χ2n) is 6.10. The van der Waals surface area contributed by atoms with E-state index in [2.05, 4.69) is 37.9 Å². The van der Waals surface area contributed by atoms with Gasteiger partial charge in [-0.05, 0) is 49.8 Å². The first-order valence-corrected chi connectivity index (χ1v) is 7.88. The standard InChI is InChI=1S/C18H22N2O2/c1-12-6-4-9-16(13(12)2)14(3)17-19-10-11-20(17)18(21)22-15-7-5-8-15/h4,6,9-11,14-15H,5,7-8H2,1-3H3/t14-/m0/s1. The van der Waals surface area contributed by atoms with Crippen molar-refractivity contribution in [2.75, 3.05) is 0 Å². The van der Waals surface area contributed by atoms with Crippen LogP contribution in [-0.2, 0) is 4.74 Å². The van der Waals surface area contributed by atoms with Gasteiger partial charge >= 0.3 is 6.09 Å². The topological polar surface area (TPSA) is 44.1 Å². The summed E-state index contributed by atoms with van der Waals surface area (Å²) in [5.41, 5.74) is 3.69. The lowest BCUT2D eigenvalue weighted by Crippen LogP contribution is -2.28. The summed E-state index contributed by atoms with van der Waals surface area (Å²) in [6, 6.07) is 6.25. The lowest BCUT2D eigenvalue weighted by Gasteiger charge is -2.25. The third-order valence-electron chi connectivity index (χ3n) is 4.69. The molecule has 1 heterocycles. The van der Waals surface area contributed by atoms with Gasteiger partial charge in [-0.1, -0.05) is 25.1 Å². The van der Waals surface area contributed by atoms with Crippen molar-refractivity contribution in [3.63, 3.8) is 0 Å². The van der Waals surface area contributed by atoms with Gasteiger partial charge in [0.15, 0.2) is 0 Å². The first-order valence-electron chi connectivity index (χ1n) is 7.88. The molecular formula is C18H22N2O2. The molecule has 0 aliphatic heterocycles. The van der Waals surface area contributed by atoms with Crippen LogP contribution in [0.15, 0.2) is 30.6 Å². The van der Waals surface area contributed by atoms with Crippen LogP contribution in [0.2, 0.25) is 0 Å². The van der Waals surface area contributed by atoms with Crippen molar-refractivity contribution < 1.29 is 9.53 Å². The van der Waals surface area contributed by atoms with E-state index in [1.54, 1.807) is 17.0 Å². The van der Waals surface area contributed by atoms with Crippen LogP contribution in [-0.4, -0.2) is 21.7 Å². The molecule has 4 heteroatoms. The van der Waals surface area contributed by atoms with Crippen molar-refractivity contribution in [3.05, 3.63) is 53.1 Å². The average Bonchev–Trinajstić information content (AvgIpc) is 2.94. The summed E-state index contributed by atoms with van der Waals surface area (Å²) in [4.78, 5) is 16.7. The molecule has 1 aliphatic carbocycles. The highest BCUT2D eigenvalue weighted by Crippen LogP contribution is 2.28. The highest BCUT2D eigenvalue weighted by atomic mass is 16.6. The number of benzene rings is 1. The summed E-state index contributed by atoms with van der Waals surface area (Å²) in [5, 5.41) is 0. The smallest absolute Gasteiger partial charge is 0.419 e. The normalized spacial score (nSPS) is 16.1. The van der Waals surface area contributed by atoms with Crippen LogP contribution in [0.1, 0.15) is 54.6 Å². The largest absolute Gasteiger partial charge is 0.446 e. The summed E-state index contributed by atoms with van der Waals surface area (Å²) in [7, 11) is 0. The Morgan fingerprint density at radius 2 is 2.14 bits per heavy atom. The Morgan fingerprint density at radius 1 is 1.36 bits per heavy atom. The molecule has 0 saturated heterocycles. The molecule has 0 unspecified atom stereocenters. The van der Waals surface area contributed by atoms with Crippen LogP contribution in [0.25, 0.3) is 0 Å². The van der Waals surface area contributed by atoms with E-state index in [1.165, 1.54) is 16.7 Å². The van der Waals surface area contributed by atoms with E-state index < -0.39 is 0 Å². The molecular weight excluding hydrogens is 276 g/mol. The minimum Gasteiger partial charge on any atom is -0.446 e. The fraction of sp³-hybridized carbons (Fsp3) is 0.444. The fourth-order valence-corrected chi connectivity index (χ4v) is 2.86. The molecule has 0 spiro atoms. The predicted octanol–water partition coefficient (Wildman–Crippen LogP) is 4.19. The molecule has 1 atom stereocenters. The van der Waals surface area contributed by atoms with Crippen LogP contribution in [0.5, 0.6) is 0 Å². The fourth-order valence-electron chi connectivity index (χ4n) is 2.86. The molecule has 1 aliphatic rings. The van der Waals surface area contributed by atoms with Crippen molar-refractivity contribution in [1.82, 2.24) is 9.55 Å². The molecule has 1 aromatic heterocycles. The minimum atomic E-state index is -0.311. The predicted molar refractivity (Wildman–Crippen MR) is 85.2 cm³/mol. The van der Waals surface area contributed by atoms with Crippen LogP contribution >= 0.6 is 0 Å². The molecule has 4 nitrogen and oxygen atoms in total. The number of hydrogen-bond acceptors (Lipinski definition) is 3.